The molecule has 0 spiro atoms. The van der Waals surface area contributed by atoms with Crippen LogP contribution in [-0.4, -0.2) is 50.4 Å². The third-order valence-corrected chi connectivity index (χ3v) is 2.28. The molecule has 1 aliphatic carbocycles. The van der Waals surface area contributed by atoms with Crippen LogP contribution in [0.25, 0.3) is 0 Å². The molecule has 0 aromatic heterocycles. The Labute approximate surface area is 74.3 Å². The van der Waals surface area contributed by atoms with Crippen molar-refractivity contribution < 1.29 is 4.79 Å². The Bertz CT molecular complexity index is 177. The Morgan fingerprint density at radius 2 is 1.92 bits per heavy atom. The Morgan fingerprint density at radius 3 is 2.33 bits per heavy atom. The summed E-state index contributed by atoms with van der Waals surface area (Å²) in [6.45, 7) is 1.05. The van der Waals surface area contributed by atoms with Gasteiger partial charge in [-0.25, -0.2) is 0 Å². The van der Waals surface area contributed by atoms with Crippen LogP contribution in [0.1, 0.15) is 6.42 Å². The highest BCUT2D eigenvalue weighted by Gasteiger charge is 2.43. The maximum atomic E-state index is 11.4. The first-order valence-corrected chi connectivity index (χ1v) is 4.38. The molecule has 1 saturated carbocycles. The summed E-state index contributed by atoms with van der Waals surface area (Å²) in [5.41, 5.74) is 0. The molecule has 12 heavy (non-hydrogen) atoms. The van der Waals surface area contributed by atoms with E-state index in [1.807, 2.05) is 14.1 Å². The van der Waals surface area contributed by atoms with Crippen molar-refractivity contribution in [2.45, 2.75) is 6.42 Å². The van der Waals surface area contributed by atoms with Gasteiger partial charge < -0.3 is 9.80 Å². The van der Waals surface area contributed by atoms with Gasteiger partial charge in [0, 0.05) is 26.6 Å². The van der Waals surface area contributed by atoms with Gasteiger partial charge in [0.05, 0.1) is 0 Å². The summed E-state index contributed by atoms with van der Waals surface area (Å²) in [4.78, 5) is 15.2. The fourth-order valence-electron chi connectivity index (χ4n) is 1.55. The molecule has 1 rings (SSSR count). The summed E-state index contributed by atoms with van der Waals surface area (Å²) in [7, 11) is 7.76. The quantitative estimate of drug-likeness (QED) is 0.607. The smallest absolute Gasteiger partial charge is 0.225 e. The fraction of sp³-hybridized carbons (Fsp3) is 0.889. The summed E-state index contributed by atoms with van der Waals surface area (Å²) in [6, 6.07) is 0. The lowest BCUT2D eigenvalue weighted by Gasteiger charge is -2.11. The molecule has 0 bridgehead atoms. The Morgan fingerprint density at radius 1 is 1.33 bits per heavy atom. The second-order valence-corrected chi connectivity index (χ2v) is 4.10. The van der Waals surface area contributed by atoms with Crippen LogP contribution in [-0.2, 0) is 4.79 Å². The van der Waals surface area contributed by atoms with E-state index in [9.17, 15) is 4.79 Å². The SMILES string of the molecule is CN(C)CC1CC1C(=O)N(C)C. The summed E-state index contributed by atoms with van der Waals surface area (Å²) in [5, 5.41) is 0. The highest BCUT2D eigenvalue weighted by molar-refractivity contribution is 5.81. The average Bonchev–Trinajstić information content (AvgIpc) is 2.64. The van der Waals surface area contributed by atoms with Gasteiger partial charge in [-0.1, -0.05) is 0 Å². The lowest BCUT2D eigenvalue weighted by molar-refractivity contribution is -0.130. The second kappa shape index (κ2) is 3.44. The van der Waals surface area contributed by atoms with Crippen molar-refractivity contribution in [2.24, 2.45) is 11.8 Å². The van der Waals surface area contributed by atoms with Crippen LogP contribution >= 0.6 is 0 Å². The van der Waals surface area contributed by atoms with Crippen LogP contribution in [0.2, 0.25) is 0 Å². The first-order chi connectivity index (χ1) is 5.52. The van der Waals surface area contributed by atoms with Crippen molar-refractivity contribution in [3.8, 4) is 0 Å². The molecule has 3 nitrogen and oxygen atoms in total. The largest absolute Gasteiger partial charge is 0.349 e. The topological polar surface area (TPSA) is 23.6 Å². The fourth-order valence-corrected chi connectivity index (χ4v) is 1.55. The molecule has 1 fully saturated rings. The van der Waals surface area contributed by atoms with Gasteiger partial charge in [0.2, 0.25) is 5.91 Å². The Kier molecular flexibility index (Phi) is 2.73. The monoisotopic (exact) mass is 170 g/mol. The van der Waals surface area contributed by atoms with E-state index in [-0.39, 0.29) is 0 Å². The van der Waals surface area contributed by atoms with Gasteiger partial charge in [-0.2, -0.15) is 0 Å². The summed E-state index contributed by atoms with van der Waals surface area (Å²) >= 11 is 0. The predicted octanol–water partition coefficient (Wildman–Crippen LogP) is 0.272. The molecule has 3 heteroatoms. The van der Waals surface area contributed by atoms with Crippen LogP contribution in [0.15, 0.2) is 0 Å². The maximum absolute atomic E-state index is 11.4. The first kappa shape index (κ1) is 9.52. The average molecular weight is 170 g/mol. The van der Waals surface area contributed by atoms with Gasteiger partial charge in [0.15, 0.2) is 0 Å². The molecule has 2 atom stereocenters. The molecule has 70 valence electrons. The van der Waals surface area contributed by atoms with Crippen molar-refractivity contribution in [3.63, 3.8) is 0 Å². The zero-order valence-corrected chi connectivity index (χ0v) is 8.37. The highest BCUT2D eigenvalue weighted by Crippen LogP contribution is 2.39. The van der Waals surface area contributed by atoms with Crippen molar-refractivity contribution in [2.75, 3.05) is 34.7 Å². The minimum atomic E-state index is 0.293. The third kappa shape index (κ3) is 2.21. The van der Waals surface area contributed by atoms with Gasteiger partial charge in [0.1, 0.15) is 0 Å². The van der Waals surface area contributed by atoms with Gasteiger partial charge in [-0.3, -0.25) is 4.79 Å². The molecule has 0 radical (unpaired) electrons. The minimum Gasteiger partial charge on any atom is -0.349 e. The molecule has 2 unspecified atom stereocenters. The van der Waals surface area contributed by atoms with E-state index in [2.05, 4.69) is 19.0 Å². The molecule has 1 aliphatic rings. The van der Waals surface area contributed by atoms with Gasteiger partial charge in [-0.15, -0.1) is 0 Å². The minimum absolute atomic E-state index is 0.293. The molecule has 0 aliphatic heterocycles. The first-order valence-electron chi connectivity index (χ1n) is 4.38. The van der Waals surface area contributed by atoms with E-state index in [1.165, 1.54) is 0 Å². The Balaban J connectivity index is 2.28. The van der Waals surface area contributed by atoms with E-state index in [0.29, 0.717) is 17.7 Å². The zero-order valence-electron chi connectivity index (χ0n) is 8.37. The van der Waals surface area contributed by atoms with Crippen molar-refractivity contribution in [1.29, 1.82) is 0 Å². The van der Waals surface area contributed by atoms with E-state index in [0.717, 1.165) is 13.0 Å². The van der Waals surface area contributed by atoms with Crippen LogP contribution in [0.3, 0.4) is 0 Å². The summed E-state index contributed by atoms with van der Waals surface area (Å²) in [5.74, 6) is 1.21. The number of hydrogen-bond donors (Lipinski definition) is 0. The van der Waals surface area contributed by atoms with Crippen molar-refractivity contribution >= 4 is 5.91 Å². The van der Waals surface area contributed by atoms with E-state index < -0.39 is 0 Å². The van der Waals surface area contributed by atoms with Gasteiger partial charge in [-0.05, 0) is 26.4 Å². The molecule has 0 aromatic rings. The number of nitrogens with zero attached hydrogens (tertiary/aromatic N) is 2. The zero-order chi connectivity index (χ0) is 9.30. The standard InChI is InChI=1S/C9H18N2O/c1-10(2)6-7-5-8(7)9(12)11(3)4/h7-8H,5-6H2,1-4H3. The number of rotatable bonds is 3. The maximum Gasteiger partial charge on any atom is 0.225 e. The van der Waals surface area contributed by atoms with Crippen LogP contribution in [0.5, 0.6) is 0 Å². The molecular weight excluding hydrogens is 152 g/mol. The summed E-state index contributed by atoms with van der Waals surface area (Å²) < 4.78 is 0. The molecule has 0 aromatic carbocycles. The Hall–Kier alpha value is -0.570. The summed E-state index contributed by atoms with van der Waals surface area (Å²) in [6.07, 6.45) is 1.08. The second-order valence-electron chi connectivity index (χ2n) is 4.10. The van der Waals surface area contributed by atoms with E-state index in [1.54, 1.807) is 4.90 Å². The van der Waals surface area contributed by atoms with Gasteiger partial charge in [0.25, 0.3) is 0 Å². The number of carbonyl (C=O) groups is 1. The highest BCUT2D eigenvalue weighted by atomic mass is 16.2. The number of hydrogen-bond acceptors (Lipinski definition) is 2. The molecule has 0 N–H and O–H groups in total. The van der Waals surface area contributed by atoms with Gasteiger partial charge >= 0.3 is 0 Å². The lowest BCUT2D eigenvalue weighted by Crippen LogP contribution is -2.25. The number of amides is 1. The third-order valence-electron chi connectivity index (χ3n) is 2.28. The normalized spacial score (nSPS) is 27.4. The molecular formula is C9H18N2O. The van der Waals surface area contributed by atoms with E-state index >= 15 is 0 Å². The van der Waals surface area contributed by atoms with E-state index in [4.69, 9.17) is 0 Å². The van der Waals surface area contributed by atoms with Crippen LogP contribution in [0.4, 0.5) is 0 Å². The molecule has 0 heterocycles. The van der Waals surface area contributed by atoms with Crippen molar-refractivity contribution in [3.05, 3.63) is 0 Å². The van der Waals surface area contributed by atoms with Crippen molar-refractivity contribution in [1.82, 2.24) is 9.80 Å². The van der Waals surface area contributed by atoms with Crippen LogP contribution < -0.4 is 0 Å². The number of carbonyl (C=O) groups excluding carboxylic acids is 1. The molecule has 0 saturated heterocycles. The molecule has 1 amide bonds. The van der Waals surface area contributed by atoms with Crippen LogP contribution in [0, 0.1) is 11.8 Å². The lowest BCUT2D eigenvalue weighted by atomic mass is 10.3. The predicted molar refractivity (Wildman–Crippen MR) is 48.8 cm³/mol.